The maximum absolute atomic E-state index is 13.8. The van der Waals surface area contributed by atoms with E-state index in [2.05, 4.69) is 31.9 Å². The van der Waals surface area contributed by atoms with E-state index in [0.29, 0.717) is 30.5 Å². The van der Waals surface area contributed by atoms with Gasteiger partial charge in [-0.2, -0.15) is 0 Å². The van der Waals surface area contributed by atoms with Crippen molar-refractivity contribution in [3.8, 4) is 5.75 Å². The second kappa shape index (κ2) is 25.4. The summed E-state index contributed by atoms with van der Waals surface area (Å²) in [7, 11) is 0. The van der Waals surface area contributed by atoms with Crippen molar-refractivity contribution in [3.63, 3.8) is 0 Å². The maximum Gasteiger partial charge on any atom is 0.326 e. The van der Waals surface area contributed by atoms with Crippen LogP contribution in [0.4, 0.5) is 0 Å². The summed E-state index contributed by atoms with van der Waals surface area (Å²) >= 11 is 0. The SMILES string of the molecule is CC(C)[C@H](NC(=O)[C@@H](NC(=O)CNC(=O)[C@@H](N)Cc1ccc(O)cc1)[C@@H](C)O)C(=O)N[C@@H](CCC(N)=O)C(=O)N[C@@H](Cc1ccccc1)C(=O)N[C@@H](CCCCN)C(=O)O. The Morgan fingerprint density at radius 1 is 0.650 bits per heavy atom. The maximum atomic E-state index is 13.8. The van der Waals surface area contributed by atoms with Crippen LogP contribution in [0.25, 0.3) is 0 Å². The zero-order chi connectivity index (χ0) is 44.9. The number of amides is 7. The summed E-state index contributed by atoms with van der Waals surface area (Å²) in [5, 5.41) is 44.3. The van der Waals surface area contributed by atoms with Crippen molar-refractivity contribution in [2.24, 2.45) is 23.1 Å². The molecule has 330 valence electrons. The van der Waals surface area contributed by atoms with Gasteiger partial charge in [-0.1, -0.05) is 56.3 Å². The lowest BCUT2D eigenvalue weighted by Crippen LogP contribution is -2.61. The first-order valence-electron chi connectivity index (χ1n) is 19.6. The van der Waals surface area contributed by atoms with E-state index >= 15 is 0 Å². The number of aliphatic carboxylic acids is 1. The summed E-state index contributed by atoms with van der Waals surface area (Å²) in [5.74, 6) is -7.86. The van der Waals surface area contributed by atoms with Crippen LogP contribution in [0.2, 0.25) is 0 Å². The van der Waals surface area contributed by atoms with E-state index in [-0.39, 0.29) is 37.9 Å². The lowest BCUT2D eigenvalue weighted by molar-refractivity contribution is -0.142. The van der Waals surface area contributed by atoms with Gasteiger partial charge in [-0.05, 0) is 74.8 Å². The van der Waals surface area contributed by atoms with E-state index < -0.39 is 102 Å². The Kier molecular flexibility index (Phi) is 21.2. The van der Waals surface area contributed by atoms with Gasteiger partial charge in [0.2, 0.25) is 41.4 Å². The van der Waals surface area contributed by atoms with Crippen LogP contribution in [-0.2, 0) is 51.2 Å². The van der Waals surface area contributed by atoms with Crippen molar-refractivity contribution in [1.82, 2.24) is 31.9 Å². The normalized spacial score (nSPS) is 14.5. The van der Waals surface area contributed by atoms with Gasteiger partial charge in [0.1, 0.15) is 36.0 Å². The Bertz CT molecular complexity index is 1760. The molecule has 0 bridgehead atoms. The van der Waals surface area contributed by atoms with Gasteiger partial charge in [0.15, 0.2) is 0 Å². The summed E-state index contributed by atoms with van der Waals surface area (Å²) in [6, 6.07) is 6.45. The third kappa shape index (κ3) is 17.8. The van der Waals surface area contributed by atoms with Gasteiger partial charge < -0.3 is 64.4 Å². The van der Waals surface area contributed by atoms with E-state index in [4.69, 9.17) is 17.2 Å². The summed E-state index contributed by atoms with van der Waals surface area (Å²) in [6.45, 7) is 4.07. The van der Waals surface area contributed by atoms with Crippen molar-refractivity contribution in [3.05, 3.63) is 65.7 Å². The lowest BCUT2D eigenvalue weighted by Gasteiger charge is -2.29. The first-order valence-corrected chi connectivity index (χ1v) is 19.6. The number of unbranched alkanes of at least 4 members (excludes halogenated alkanes) is 1. The second-order valence-corrected chi connectivity index (χ2v) is 14.7. The molecule has 20 heteroatoms. The molecule has 0 unspecified atom stereocenters. The number of primary amides is 1. The van der Waals surface area contributed by atoms with E-state index in [9.17, 15) is 53.7 Å². The number of carbonyl (C=O) groups is 8. The van der Waals surface area contributed by atoms with Crippen LogP contribution in [0.15, 0.2) is 54.6 Å². The number of benzene rings is 2. The van der Waals surface area contributed by atoms with Crippen LogP contribution in [0.5, 0.6) is 5.75 Å². The molecule has 2 aromatic rings. The largest absolute Gasteiger partial charge is 0.508 e. The first kappa shape index (κ1) is 50.0. The number of nitrogens with two attached hydrogens (primary N) is 3. The molecular weight excluding hydrogens is 782 g/mol. The molecule has 0 aliphatic heterocycles. The Morgan fingerprint density at radius 2 is 1.22 bits per heavy atom. The molecule has 0 fully saturated rings. The molecule has 2 rings (SSSR count). The Labute approximate surface area is 348 Å². The van der Waals surface area contributed by atoms with Crippen LogP contribution in [0.1, 0.15) is 64.0 Å². The molecule has 0 radical (unpaired) electrons. The van der Waals surface area contributed by atoms with Gasteiger partial charge in [0, 0.05) is 12.8 Å². The molecule has 0 aromatic heterocycles. The third-order valence-electron chi connectivity index (χ3n) is 9.27. The molecular formula is C40H59N9O11. The highest BCUT2D eigenvalue weighted by molar-refractivity contribution is 5.97. The molecule has 0 saturated heterocycles. The molecule has 0 aliphatic carbocycles. The number of carboxylic acid groups (broad SMARTS) is 1. The zero-order valence-corrected chi connectivity index (χ0v) is 34.0. The minimum absolute atomic E-state index is 0.0356. The molecule has 7 atom stereocenters. The highest BCUT2D eigenvalue weighted by Gasteiger charge is 2.35. The number of aliphatic hydroxyl groups excluding tert-OH is 1. The van der Waals surface area contributed by atoms with E-state index in [1.54, 1.807) is 56.3 Å². The fourth-order valence-electron chi connectivity index (χ4n) is 5.86. The number of aromatic hydroxyl groups is 1. The molecule has 0 spiro atoms. The first-order chi connectivity index (χ1) is 28.3. The van der Waals surface area contributed by atoms with Crippen LogP contribution in [0, 0.1) is 5.92 Å². The molecule has 7 amide bonds. The van der Waals surface area contributed by atoms with E-state index in [1.807, 2.05) is 0 Å². The molecule has 60 heavy (non-hydrogen) atoms. The average molecular weight is 842 g/mol. The van der Waals surface area contributed by atoms with Crippen molar-refractivity contribution >= 4 is 47.3 Å². The predicted molar refractivity (Wildman–Crippen MR) is 218 cm³/mol. The fourth-order valence-corrected chi connectivity index (χ4v) is 5.86. The third-order valence-corrected chi connectivity index (χ3v) is 9.27. The van der Waals surface area contributed by atoms with Crippen molar-refractivity contribution < 1.29 is 53.7 Å². The van der Waals surface area contributed by atoms with Gasteiger partial charge in [0.05, 0.1) is 18.7 Å². The molecule has 0 saturated carbocycles. The highest BCUT2D eigenvalue weighted by Crippen LogP contribution is 2.12. The van der Waals surface area contributed by atoms with Crippen molar-refractivity contribution in [2.75, 3.05) is 13.1 Å². The summed E-state index contributed by atoms with van der Waals surface area (Å²) in [5.41, 5.74) is 18.1. The van der Waals surface area contributed by atoms with Gasteiger partial charge >= 0.3 is 5.97 Å². The smallest absolute Gasteiger partial charge is 0.326 e. The highest BCUT2D eigenvalue weighted by atomic mass is 16.4. The standard InChI is InChI=1S/C40H59N9O11/c1-22(2)33(49-39(58)34(23(3)50)48-32(53)21-44-35(54)27(42)19-25-12-14-26(51)15-13-25)38(57)45-28(16-17-31(43)52)36(55)47-30(20-24-9-5-4-6-10-24)37(56)46-29(40(59)60)11-7-8-18-41/h4-6,9-10,12-15,22-23,27-30,33-34,50-51H,7-8,11,16-21,41-42H2,1-3H3,(H2,43,52)(H,44,54)(H,45,57)(H,46,56)(H,47,55)(H,48,53)(H,49,58)(H,59,60)/t23-,27+,28+,29+,30+,33+,34+/m1/s1. The summed E-state index contributed by atoms with van der Waals surface area (Å²) in [4.78, 5) is 104. The van der Waals surface area contributed by atoms with E-state index in [0.717, 1.165) is 0 Å². The summed E-state index contributed by atoms with van der Waals surface area (Å²) < 4.78 is 0. The fraction of sp³-hybridized carbons (Fsp3) is 0.500. The van der Waals surface area contributed by atoms with Gasteiger partial charge in [-0.15, -0.1) is 0 Å². The second-order valence-electron chi connectivity index (χ2n) is 14.7. The zero-order valence-electron chi connectivity index (χ0n) is 34.0. The number of aliphatic hydroxyl groups is 1. The monoisotopic (exact) mass is 841 g/mol. The van der Waals surface area contributed by atoms with Gasteiger partial charge in [-0.25, -0.2) is 4.79 Å². The number of hydrogen-bond donors (Lipinski definition) is 12. The number of phenols is 1. The summed E-state index contributed by atoms with van der Waals surface area (Å²) in [6.07, 6.45) is -1.13. The number of phenolic OH excluding ortho intramolecular Hbond substituents is 1. The Balaban J connectivity index is 2.20. The number of rotatable bonds is 26. The minimum Gasteiger partial charge on any atom is -0.508 e. The topological polar surface area (TPSA) is 347 Å². The Morgan fingerprint density at radius 3 is 1.78 bits per heavy atom. The van der Waals surface area contributed by atoms with Crippen LogP contribution in [-0.4, -0.2) is 118 Å². The van der Waals surface area contributed by atoms with Gasteiger partial charge in [0.25, 0.3) is 0 Å². The number of hydrogen-bond acceptors (Lipinski definition) is 12. The van der Waals surface area contributed by atoms with E-state index in [1.165, 1.54) is 19.1 Å². The van der Waals surface area contributed by atoms with Crippen molar-refractivity contribution in [1.29, 1.82) is 0 Å². The number of carboxylic acids is 1. The molecule has 0 heterocycles. The van der Waals surface area contributed by atoms with Crippen LogP contribution in [0.3, 0.4) is 0 Å². The lowest BCUT2D eigenvalue weighted by atomic mass is 10.00. The Hall–Kier alpha value is -6.12. The average Bonchev–Trinajstić information content (AvgIpc) is 3.19. The molecule has 15 N–H and O–H groups in total. The number of carbonyl (C=O) groups excluding carboxylic acids is 7. The molecule has 20 nitrogen and oxygen atoms in total. The van der Waals surface area contributed by atoms with Crippen LogP contribution < -0.4 is 49.1 Å². The minimum atomic E-state index is -1.61. The number of nitrogens with one attached hydrogen (secondary N) is 6. The predicted octanol–water partition coefficient (Wildman–Crippen LogP) is -2.44. The quantitative estimate of drug-likeness (QED) is 0.0439. The van der Waals surface area contributed by atoms with Crippen molar-refractivity contribution in [2.45, 2.75) is 108 Å². The van der Waals surface area contributed by atoms with Crippen LogP contribution >= 0.6 is 0 Å². The van der Waals surface area contributed by atoms with Gasteiger partial charge in [-0.3, -0.25) is 33.6 Å². The molecule has 0 aliphatic rings. The molecule has 2 aromatic carbocycles.